The van der Waals surface area contributed by atoms with Crippen molar-refractivity contribution < 1.29 is 9.90 Å². The molecule has 4 N–H and O–H groups in total. The minimum Gasteiger partial charge on any atom is -0.465 e. The second-order valence-electron chi connectivity index (χ2n) is 2.97. The lowest BCUT2D eigenvalue weighted by Crippen LogP contribution is -2.09. The predicted octanol–water partition coefficient (Wildman–Crippen LogP) is 1.80. The molecule has 14 heavy (non-hydrogen) atoms. The van der Waals surface area contributed by atoms with Gasteiger partial charge in [-0.15, -0.1) is 0 Å². The predicted molar refractivity (Wildman–Crippen MR) is 55.4 cm³/mol. The number of aryl methyl sites for hydroxylation is 1. The fourth-order valence-corrected chi connectivity index (χ4v) is 1.36. The first-order valence-corrected chi connectivity index (χ1v) is 4.49. The van der Waals surface area contributed by atoms with Gasteiger partial charge in [0, 0.05) is 12.2 Å². The summed E-state index contributed by atoms with van der Waals surface area (Å²) in [7, 11) is 0. The van der Waals surface area contributed by atoms with Gasteiger partial charge >= 0.3 is 6.09 Å². The van der Waals surface area contributed by atoms with E-state index >= 15 is 0 Å². The van der Waals surface area contributed by atoms with E-state index in [0.717, 1.165) is 17.5 Å². The zero-order valence-electron chi connectivity index (χ0n) is 8.08. The molecule has 0 aliphatic heterocycles. The van der Waals surface area contributed by atoms with Gasteiger partial charge in [-0.05, 0) is 29.7 Å². The van der Waals surface area contributed by atoms with E-state index in [1.165, 1.54) is 0 Å². The Hall–Kier alpha value is -1.55. The van der Waals surface area contributed by atoms with Crippen molar-refractivity contribution in [3.8, 4) is 0 Å². The van der Waals surface area contributed by atoms with Crippen LogP contribution in [0.3, 0.4) is 0 Å². The third-order valence-electron chi connectivity index (χ3n) is 2.06. The number of nitrogens with one attached hydrogen (secondary N) is 1. The van der Waals surface area contributed by atoms with Gasteiger partial charge in [-0.25, -0.2) is 4.79 Å². The van der Waals surface area contributed by atoms with Gasteiger partial charge in [0.25, 0.3) is 0 Å². The minimum atomic E-state index is -1.06. The lowest BCUT2D eigenvalue weighted by atomic mass is 10.0. The molecule has 0 unspecified atom stereocenters. The molecule has 1 rings (SSSR count). The van der Waals surface area contributed by atoms with E-state index in [4.69, 9.17) is 10.8 Å². The van der Waals surface area contributed by atoms with E-state index in [1.807, 2.05) is 13.0 Å². The highest BCUT2D eigenvalue weighted by Gasteiger charge is 2.02. The Morgan fingerprint density at radius 3 is 2.71 bits per heavy atom. The molecule has 1 amide bonds. The zero-order valence-corrected chi connectivity index (χ0v) is 8.08. The van der Waals surface area contributed by atoms with Crippen molar-refractivity contribution in [2.24, 2.45) is 5.73 Å². The van der Waals surface area contributed by atoms with Crippen LogP contribution in [0.4, 0.5) is 10.5 Å². The van der Waals surface area contributed by atoms with Crippen LogP contribution in [0, 0.1) is 0 Å². The van der Waals surface area contributed by atoms with Gasteiger partial charge in [-0.1, -0.05) is 13.0 Å². The van der Waals surface area contributed by atoms with Crippen LogP contribution >= 0.6 is 0 Å². The third kappa shape index (κ3) is 2.47. The summed E-state index contributed by atoms with van der Waals surface area (Å²) in [6.45, 7) is 2.47. The highest BCUT2D eigenvalue weighted by atomic mass is 16.4. The van der Waals surface area contributed by atoms with E-state index in [-0.39, 0.29) is 0 Å². The highest BCUT2D eigenvalue weighted by Crippen LogP contribution is 2.16. The highest BCUT2D eigenvalue weighted by molar-refractivity contribution is 5.83. The number of benzene rings is 1. The third-order valence-corrected chi connectivity index (χ3v) is 2.06. The molecular formula is C10H14N2O2. The van der Waals surface area contributed by atoms with Gasteiger partial charge in [-0.3, -0.25) is 5.32 Å². The van der Waals surface area contributed by atoms with Crippen LogP contribution in [0.5, 0.6) is 0 Å². The molecule has 4 nitrogen and oxygen atoms in total. The molecule has 0 aromatic heterocycles. The van der Waals surface area contributed by atoms with Crippen LogP contribution in [0.2, 0.25) is 0 Å². The number of hydrogen-bond donors (Lipinski definition) is 3. The summed E-state index contributed by atoms with van der Waals surface area (Å²) in [6.07, 6.45) is -0.155. The smallest absolute Gasteiger partial charge is 0.409 e. The van der Waals surface area contributed by atoms with Gasteiger partial charge in [0.15, 0.2) is 0 Å². The number of carbonyl (C=O) groups is 1. The van der Waals surface area contributed by atoms with Crippen LogP contribution in [-0.4, -0.2) is 11.2 Å². The molecule has 0 fully saturated rings. The molecule has 0 radical (unpaired) electrons. The van der Waals surface area contributed by atoms with E-state index in [9.17, 15) is 4.79 Å². The Morgan fingerprint density at radius 2 is 2.21 bits per heavy atom. The number of anilines is 1. The van der Waals surface area contributed by atoms with E-state index < -0.39 is 6.09 Å². The van der Waals surface area contributed by atoms with Gasteiger partial charge in [-0.2, -0.15) is 0 Å². The molecule has 76 valence electrons. The van der Waals surface area contributed by atoms with Gasteiger partial charge in [0.05, 0.1) is 0 Å². The number of hydrogen-bond acceptors (Lipinski definition) is 2. The first kappa shape index (κ1) is 10.5. The van der Waals surface area contributed by atoms with E-state index in [1.54, 1.807) is 12.1 Å². The molecule has 0 saturated carbocycles. The summed E-state index contributed by atoms with van der Waals surface area (Å²) >= 11 is 0. The standard InChI is InChI=1S/C10H14N2O2/c1-2-7-3-4-9(12-10(13)14)5-8(7)6-11/h3-5,12H,2,6,11H2,1H3,(H,13,14). The Labute approximate surface area is 82.7 Å². The summed E-state index contributed by atoms with van der Waals surface area (Å²) in [5.41, 5.74) is 8.26. The topological polar surface area (TPSA) is 75.3 Å². The van der Waals surface area contributed by atoms with Crippen molar-refractivity contribution in [3.05, 3.63) is 29.3 Å². The Kier molecular flexibility index (Phi) is 3.48. The average Bonchev–Trinajstić information content (AvgIpc) is 2.16. The Morgan fingerprint density at radius 1 is 1.50 bits per heavy atom. The number of carboxylic acid groups (broad SMARTS) is 1. The SMILES string of the molecule is CCc1ccc(NC(=O)O)cc1CN. The fourth-order valence-electron chi connectivity index (χ4n) is 1.36. The summed E-state index contributed by atoms with van der Waals surface area (Å²) in [5, 5.41) is 10.8. The van der Waals surface area contributed by atoms with E-state index in [2.05, 4.69) is 5.32 Å². The molecule has 0 bridgehead atoms. The molecule has 0 spiro atoms. The monoisotopic (exact) mass is 194 g/mol. The first-order chi connectivity index (χ1) is 6.67. The number of rotatable bonds is 3. The maximum absolute atomic E-state index is 10.4. The average molecular weight is 194 g/mol. The molecule has 0 aliphatic carbocycles. The first-order valence-electron chi connectivity index (χ1n) is 4.49. The summed E-state index contributed by atoms with van der Waals surface area (Å²) in [6, 6.07) is 5.41. The molecule has 0 atom stereocenters. The van der Waals surface area contributed by atoms with Crippen LogP contribution in [0.25, 0.3) is 0 Å². The molecule has 4 heteroatoms. The summed E-state index contributed by atoms with van der Waals surface area (Å²) < 4.78 is 0. The van der Waals surface area contributed by atoms with Crippen LogP contribution in [0.15, 0.2) is 18.2 Å². The van der Waals surface area contributed by atoms with Crippen molar-refractivity contribution in [1.29, 1.82) is 0 Å². The second kappa shape index (κ2) is 4.62. The Balaban J connectivity index is 2.95. The zero-order chi connectivity index (χ0) is 10.6. The molecule has 1 aromatic carbocycles. The van der Waals surface area contributed by atoms with Crippen molar-refractivity contribution in [3.63, 3.8) is 0 Å². The van der Waals surface area contributed by atoms with Crippen molar-refractivity contribution in [2.75, 3.05) is 5.32 Å². The normalized spacial score (nSPS) is 9.86. The Bertz CT molecular complexity index is 337. The molecule has 1 aromatic rings. The quantitative estimate of drug-likeness (QED) is 0.686. The lowest BCUT2D eigenvalue weighted by molar-refractivity contribution is 0.210. The van der Waals surface area contributed by atoms with Gasteiger partial charge < -0.3 is 10.8 Å². The van der Waals surface area contributed by atoms with Gasteiger partial charge in [0.2, 0.25) is 0 Å². The molecule has 0 aliphatic rings. The maximum atomic E-state index is 10.4. The fraction of sp³-hybridized carbons (Fsp3) is 0.300. The number of nitrogens with two attached hydrogens (primary N) is 1. The van der Waals surface area contributed by atoms with Crippen molar-refractivity contribution in [1.82, 2.24) is 0 Å². The minimum absolute atomic E-state index is 0.429. The summed E-state index contributed by atoms with van der Waals surface area (Å²) in [5.74, 6) is 0. The van der Waals surface area contributed by atoms with Crippen molar-refractivity contribution in [2.45, 2.75) is 19.9 Å². The van der Waals surface area contributed by atoms with Crippen LogP contribution in [-0.2, 0) is 13.0 Å². The molecular weight excluding hydrogens is 180 g/mol. The van der Waals surface area contributed by atoms with E-state index in [0.29, 0.717) is 12.2 Å². The maximum Gasteiger partial charge on any atom is 0.409 e. The second-order valence-corrected chi connectivity index (χ2v) is 2.97. The van der Waals surface area contributed by atoms with Crippen molar-refractivity contribution >= 4 is 11.8 Å². The number of amides is 1. The van der Waals surface area contributed by atoms with Crippen LogP contribution in [0.1, 0.15) is 18.1 Å². The lowest BCUT2D eigenvalue weighted by Gasteiger charge is -2.08. The largest absolute Gasteiger partial charge is 0.465 e. The summed E-state index contributed by atoms with van der Waals surface area (Å²) in [4.78, 5) is 10.4. The van der Waals surface area contributed by atoms with Gasteiger partial charge in [0.1, 0.15) is 0 Å². The molecule has 0 heterocycles. The molecule has 0 saturated heterocycles. The van der Waals surface area contributed by atoms with Crippen LogP contribution < -0.4 is 11.1 Å².